The second kappa shape index (κ2) is 8.15. The zero-order valence-electron chi connectivity index (χ0n) is 15.7. The van der Waals surface area contributed by atoms with Crippen molar-refractivity contribution in [3.8, 4) is 22.6 Å². The Morgan fingerprint density at radius 3 is 2.36 bits per heavy atom. The third kappa shape index (κ3) is 3.70. The molecule has 140 valence electrons. The first-order valence-corrected chi connectivity index (χ1v) is 9.42. The highest BCUT2D eigenvalue weighted by molar-refractivity contribution is 5.76. The van der Waals surface area contributed by atoms with Gasteiger partial charge in [0.05, 0.1) is 36.1 Å². The molecule has 1 atom stereocenters. The summed E-state index contributed by atoms with van der Waals surface area (Å²) < 4.78 is 1.97. The van der Waals surface area contributed by atoms with Gasteiger partial charge in [0.1, 0.15) is 5.82 Å². The number of aromatic nitrogens is 4. The number of rotatable bonds is 6. The second-order valence-corrected chi connectivity index (χ2v) is 6.60. The molecule has 0 radical (unpaired) electrons. The molecule has 0 saturated heterocycles. The summed E-state index contributed by atoms with van der Waals surface area (Å²) in [5.74, 6) is 0.785. The van der Waals surface area contributed by atoms with Crippen molar-refractivity contribution in [3.05, 3.63) is 90.6 Å². The molecule has 0 fully saturated rings. The van der Waals surface area contributed by atoms with Gasteiger partial charge in [0.2, 0.25) is 0 Å². The van der Waals surface area contributed by atoms with E-state index >= 15 is 0 Å². The molecule has 0 unspecified atom stereocenters. The Hall–Kier alpha value is -3.31. The van der Waals surface area contributed by atoms with E-state index in [1.54, 1.807) is 12.5 Å². The zero-order valence-corrected chi connectivity index (χ0v) is 15.7. The van der Waals surface area contributed by atoms with Crippen LogP contribution in [-0.2, 0) is 13.0 Å². The summed E-state index contributed by atoms with van der Waals surface area (Å²) in [6.07, 6.45) is 3.68. The molecule has 0 spiro atoms. The summed E-state index contributed by atoms with van der Waals surface area (Å²) in [7, 11) is 0. The summed E-state index contributed by atoms with van der Waals surface area (Å²) >= 11 is 0. The van der Waals surface area contributed by atoms with Gasteiger partial charge in [-0.15, -0.1) is 0 Å². The van der Waals surface area contributed by atoms with Crippen LogP contribution in [-0.4, -0.2) is 24.6 Å². The Morgan fingerprint density at radius 1 is 0.929 bits per heavy atom. The molecule has 0 amide bonds. The molecule has 4 aromatic rings. The van der Waals surface area contributed by atoms with Crippen LogP contribution < -0.4 is 0 Å². The van der Waals surface area contributed by atoms with Gasteiger partial charge in [-0.1, -0.05) is 67.6 Å². The fourth-order valence-corrected chi connectivity index (χ4v) is 3.26. The lowest BCUT2D eigenvalue weighted by Crippen LogP contribution is -2.10. The largest absolute Gasteiger partial charge is 0.387 e. The SMILES string of the molecule is CCc1nccc(-c2c(-c3ccccc3)ncn2C[C@@H](O)c2ccccc2)n1. The van der Waals surface area contributed by atoms with Crippen molar-refractivity contribution in [1.82, 2.24) is 19.5 Å². The molecule has 2 heterocycles. The van der Waals surface area contributed by atoms with Crippen molar-refractivity contribution >= 4 is 0 Å². The lowest BCUT2D eigenvalue weighted by atomic mass is 10.1. The van der Waals surface area contributed by atoms with Crippen molar-refractivity contribution in [1.29, 1.82) is 0 Å². The topological polar surface area (TPSA) is 63.8 Å². The maximum Gasteiger partial charge on any atom is 0.128 e. The Morgan fingerprint density at radius 2 is 1.64 bits per heavy atom. The van der Waals surface area contributed by atoms with Gasteiger partial charge in [-0.2, -0.15) is 0 Å². The van der Waals surface area contributed by atoms with E-state index in [2.05, 4.69) is 9.97 Å². The van der Waals surface area contributed by atoms with Gasteiger partial charge in [-0.3, -0.25) is 0 Å². The molecule has 0 aliphatic heterocycles. The average Bonchev–Trinajstić information content (AvgIpc) is 3.18. The van der Waals surface area contributed by atoms with E-state index in [4.69, 9.17) is 4.98 Å². The maximum absolute atomic E-state index is 10.7. The van der Waals surface area contributed by atoms with Crippen molar-refractivity contribution in [2.45, 2.75) is 26.0 Å². The smallest absolute Gasteiger partial charge is 0.128 e. The minimum atomic E-state index is -0.634. The van der Waals surface area contributed by atoms with Gasteiger partial charge < -0.3 is 9.67 Å². The van der Waals surface area contributed by atoms with Gasteiger partial charge >= 0.3 is 0 Å². The van der Waals surface area contributed by atoms with Crippen molar-refractivity contribution in [2.75, 3.05) is 0 Å². The predicted molar refractivity (Wildman–Crippen MR) is 109 cm³/mol. The molecule has 1 N–H and O–H groups in total. The summed E-state index contributed by atoms with van der Waals surface area (Å²) in [4.78, 5) is 13.7. The van der Waals surface area contributed by atoms with E-state index in [1.807, 2.05) is 78.2 Å². The molecule has 5 nitrogen and oxygen atoms in total. The standard InChI is InChI=1S/C23H22N4O/c1-2-21-24-14-13-19(26-21)23-22(18-11-7-4-8-12-18)25-16-27(23)15-20(28)17-9-5-3-6-10-17/h3-14,16,20,28H,2,15H2,1H3/t20-/m1/s1. The maximum atomic E-state index is 10.7. The van der Waals surface area contributed by atoms with E-state index in [1.165, 1.54) is 0 Å². The molecule has 2 aromatic carbocycles. The molecule has 4 rings (SSSR count). The third-order valence-electron chi connectivity index (χ3n) is 4.70. The lowest BCUT2D eigenvalue weighted by molar-refractivity contribution is 0.157. The van der Waals surface area contributed by atoms with Gasteiger partial charge in [-0.25, -0.2) is 15.0 Å². The van der Waals surface area contributed by atoms with Crippen LogP contribution in [0.4, 0.5) is 0 Å². The first-order chi connectivity index (χ1) is 13.8. The monoisotopic (exact) mass is 370 g/mol. The first kappa shape index (κ1) is 18.1. The van der Waals surface area contributed by atoms with Crippen LogP contribution in [0.25, 0.3) is 22.6 Å². The molecule has 0 aliphatic rings. The Kier molecular flexibility index (Phi) is 5.26. The van der Waals surface area contributed by atoms with Gasteiger partial charge in [0.15, 0.2) is 0 Å². The molecule has 0 saturated carbocycles. The van der Waals surface area contributed by atoms with Crippen LogP contribution in [0.1, 0.15) is 24.4 Å². The van der Waals surface area contributed by atoms with Gasteiger partial charge in [0.25, 0.3) is 0 Å². The van der Waals surface area contributed by atoms with Crippen LogP contribution in [0.5, 0.6) is 0 Å². The number of aliphatic hydroxyl groups is 1. The minimum Gasteiger partial charge on any atom is -0.387 e. The Balaban J connectivity index is 1.79. The number of aliphatic hydroxyl groups excluding tert-OH is 1. The molecule has 28 heavy (non-hydrogen) atoms. The summed E-state index contributed by atoms with van der Waals surface area (Å²) in [6, 6.07) is 21.6. The fraction of sp³-hybridized carbons (Fsp3) is 0.174. The molecular weight excluding hydrogens is 348 g/mol. The molecule has 5 heteroatoms. The molecule has 0 bridgehead atoms. The number of hydrogen-bond donors (Lipinski definition) is 1. The predicted octanol–water partition coefficient (Wildman–Crippen LogP) is 4.30. The highest BCUT2D eigenvalue weighted by atomic mass is 16.3. The number of nitrogens with zero attached hydrogens (tertiary/aromatic N) is 4. The molecule has 2 aromatic heterocycles. The zero-order chi connectivity index (χ0) is 19.3. The van der Waals surface area contributed by atoms with Crippen LogP contribution >= 0.6 is 0 Å². The lowest BCUT2D eigenvalue weighted by Gasteiger charge is -2.15. The summed E-state index contributed by atoms with van der Waals surface area (Å²) in [5.41, 5.74) is 4.44. The van der Waals surface area contributed by atoms with Crippen LogP contribution in [0, 0.1) is 0 Å². The molecule has 0 aliphatic carbocycles. The number of benzene rings is 2. The minimum absolute atomic E-state index is 0.393. The van der Waals surface area contributed by atoms with Gasteiger partial charge in [-0.05, 0) is 11.6 Å². The van der Waals surface area contributed by atoms with Gasteiger partial charge in [0, 0.05) is 18.2 Å². The van der Waals surface area contributed by atoms with Crippen molar-refractivity contribution in [3.63, 3.8) is 0 Å². The van der Waals surface area contributed by atoms with Crippen LogP contribution in [0.2, 0.25) is 0 Å². The highest BCUT2D eigenvalue weighted by Crippen LogP contribution is 2.31. The van der Waals surface area contributed by atoms with E-state index < -0.39 is 6.10 Å². The van der Waals surface area contributed by atoms with E-state index in [0.717, 1.165) is 40.5 Å². The first-order valence-electron chi connectivity index (χ1n) is 9.42. The van der Waals surface area contributed by atoms with Crippen molar-refractivity contribution < 1.29 is 5.11 Å². The normalized spacial score (nSPS) is 12.1. The number of imidazole rings is 1. The quantitative estimate of drug-likeness (QED) is 0.549. The van der Waals surface area contributed by atoms with E-state index in [-0.39, 0.29) is 0 Å². The second-order valence-electron chi connectivity index (χ2n) is 6.60. The summed E-state index contributed by atoms with van der Waals surface area (Å²) in [6.45, 7) is 2.43. The summed E-state index contributed by atoms with van der Waals surface area (Å²) in [5, 5.41) is 10.7. The average molecular weight is 370 g/mol. The highest BCUT2D eigenvalue weighted by Gasteiger charge is 2.19. The van der Waals surface area contributed by atoms with Crippen molar-refractivity contribution in [2.24, 2.45) is 0 Å². The van der Waals surface area contributed by atoms with E-state index in [0.29, 0.717) is 6.54 Å². The molecular formula is C23H22N4O. The Bertz CT molecular complexity index is 1040. The number of hydrogen-bond acceptors (Lipinski definition) is 4. The van der Waals surface area contributed by atoms with Crippen LogP contribution in [0.15, 0.2) is 79.3 Å². The van der Waals surface area contributed by atoms with Crippen LogP contribution in [0.3, 0.4) is 0 Å². The Labute approximate surface area is 164 Å². The third-order valence-corrected chi connectivity index (χ3v) is 4.70. The van der Waals surface area contributed by atoms with E-state index in [9.17, 15) is 5.11 Å². The number of aryl methyl sites for hydroxylation is 1. The fourth-order valence-electron chi connectivity index (χ4n) is 3.26.